The largest absolute Gasteiger partial charge is 0.472 e. The SMILES string of the molecule is CC/C=C\C/C=C\C/C=C\C/C=C\C/C=C\C/C=C\CCCCCCCCC(=O)OC(/C=C/CCCCCCCCCCCC)C(COP(=O)(O)OCC[N+](C)(C)C)NC(=O)CCCCCCCCCCCCCCCCC/C=C\C/C=C\CCCCC. The van der Waals surface area contributed by atoms with E-state index < -0.39 is 20.0 Å². The van der Waals surface area contributed by atoms with E-state index in [0.717, 1.165) is 128 Å². The quantitative estimate of drug-likeness (QED) is 0.0205. The Morgan fingerprint density at radius 1 is 0.409 bits per heavy atom. The molecule has 0 aromatic rings. The number of hydrogen-bond donors (Lipinski definition) is 2. The van der Waals surface area contributed by atoms with E-state index in [0.29, 0.717) is 17.4 Å². The molecule has 0 saturated heterocycles. The maximum atomic E-state index is 13.6. The van der Waals surface area contributed by atoms with E-state index in [-0.39, 0.29) is 31.5 Å². The van der Waals surface area contributed by atoms with Gasteiger partial charge in [-0.2, -0.15) is 0 Å². The van der Waals surface area contributed by atoms with Gasteiger partial charge in [-0.05, 0) is 115 Å². The molecule has 1 amide bonds. The molecule has 9 nitrogen and oxygen atoms in total. The zero-order chi connectivity index (χ0) is 64.2. The first-order chi connectivity index (χ1) is 42.9. The standard InChI is InChI=1S/C78H139N2O7P/c1-7-10-13-16-19-22-25-28-30-32-34-36-38-40-42-44-46-48-50-52-55-58-61-64-67-70-77(81)79-75(74-86-88(83,84)85-73-72-80(4,5)6)76(69-66-63-60-57-54-27-24-21-18-15-12-9-3)87-78(82)71-68-65-62-59-56-53-51-49-47-45-43-41-39-37-35-33-31-29-26-23-20-17-14-11-8-2/h11,14,19-20,22-23,28-31,35,37,41,43,47,49,66,69,75-76H,7-10,12-13,15-18,21,24-27,32-34,36,38-40,42,44-46,48,50-65,67-68,70-74H2,1-6H3,(H-,79,81,83,84)/p+1/b14-11-,22-19-,23-20-,30-28-,31-29-,37-35-,43-41-,49-47-,69-66+. The maximum Gasteiger partial charge on any atom is 0.472 e. The van der Waals surface area contributed by atoms with Crippen molar-refractivity contribution >= 4 is 19.7 Å². The molecule has 88 heavy (non-hydrogen) atoms. The summed E-state index contributed by atoms with van der Waals surface area (Å²) < 4.78 is 30.8. The van der Waals surface area contributed by atoms with Crippen molar-refractivity contribution < 1.29 is 37.3 Å². The van der Waals surface area contributed by atoms with Crippen LogP contribution in [0.3, 0.4) is 0 Å². The first kappa shape index (κ1) is 84.7. The predicted molar refractivity (Wildman–Crippen MR) is 383 cm³/mol. The van der Waals surface area contributed by atoms with Gasteiger partial charge in [0.2, 0.25) is 5.91 Å². The van der Waals surface area contributed by atoms with E-state index in [4.69, 9.17) is 13.8 Å². The molecule has 10 heteroatoms. The summed E-state index contributed by atoms with van der Waals surface area (Å²) in [5.74, 6) is -0.518. The molecular formula is C78H140N2O7P+. The highest BCUT2D eigenvalue weighted by Crippen LogP contribution is 2.43. The highest BCUT2D eigenvalue weighted by Gasteiger charge is 2.30. The fourth-order valence-corrected chi connectivity index (χ4v) is 11.1. The van der Waals surface area contributed by atoms with Crippen LogP contribution in [0.25, 0.3) is 0 Å². The Hall–Kier alpha value is -3.33. The van der Waals surface area contributed by atoms with E-state index in [1.54, 1.807) is 0 Å². The van der Waals surface area contributed by atoms with Gasteiger partial charge in [-0.1, -0.05) is 304 Å². The normalized spacial score (nSPS) is 14.1. The van der Waals surface area contributed by atoms with Gasteiger partial charge in [0.25, 0.3) is 0 Å². The fourth-order valence-electron chi connectivity index (χ4n) is 10.3. The number of amides is 1. The van der Waals surface area contributed by atoms with Crippen LogP contribution in [0.2, 0.25) is 0 Å². The molecule has 3 unspecified atom stereocenters. The van der Waals surface area contributed by atoms with Crippen LogP contribution < -0.4 is 5.32 Å². The zero-order valence-electron chi connectivity index (χ0n) is 58.2. The van der Waals surface area contributed by atoms with E-state index in [1.165, 1.54) is 161 Å². The molecule has 0 radical (unpaired) electrons. The molecule has 3 atom stereocenters. The number of ether oxygens (including phenoxy) is 1. The van der Waals surface area contributed by atoms with Crippen LogP contribution in [0.5, 0.6) is 0 Å². The monoisotopic (exact) mass is 1250 g/mol. The highest BCUT2D eigenvalue weighted by molar-refractivity contribution is 7.47. The van der Waals surface area contributed by atoms with Gasteiger partial charge in [0.1, 0.15) is 19.3 Å². The number of nitrogens with zero attached hydrogens (tertiary/aromatic N) is 1. The van der Waals surface area contributed by atoms with Crippen LogP contribution in [-0.2, 0) is 27.9 Å². The number of allylic oxidation sites excluding steroid dienone is 17. The predicted octanol–water partition coefficient (Wildman–Crippen LogP) is 23.6. The number of quaternary nitrogens is 1. The lowest BCUT2D eigenvalue weighted by molar-refractivity contribution is -0.870. The summed E-state index contributed by atoms with van der Waals surface area (Å²) in [6, 6.07) is -0.862. The number of likely N-dealkylation sites (N-methyl/N-ethyl adjacent to an activating group) is 1. The average Bonchev–Trinajstić information content (AvgIpc) is 3.52. The second-order valence-electron chi connectivity index (χ2n) is 25.7. The molecule has 0 spiro atoms. The van der Waals surface area contributed by atoms with Crippen molar-refractivity contribution in [1.29, 1.82) is 0 Å². The topological polar surface area (TPSA) is 111 Å². The Bertz CT molecular complexity index is 1870. The minimum absolute atomic E-state index is 0.0337. The number of carbonyl (C=O) groups excluding carboxylic acids is 2. The molecule has 0 heterocycles. The third-order valence-electron chi connectivity index (χ3n) is 15.9. The molecule has 0 fully saturated rings. The summed E-state index contributed by atoms with van der Waals surface area (Å²) >= 11 is 0. The molecule has 0 aromatic carbocycles. The summed E-state index contributed by atoms with van der Waals surface area (Å²) in [6.07, 6.45) is 92.4. The third-order valence-corrected chi connectivity index (χ3v) is 16.9. The fraction of sp³-hybridized carbons (Fsp3) is 0.744. The second kappa shape index (κ2) is 66.6. The molecule has 0 bridgehead atoms. The highest BCUT2D eigenvalue weighted by atomic mass is 31.2. The van der Waals surface area contributed by atoms with E-state index >= 15 is 0 Å². The minimum atomic E-state index is -4.47. The van der Waals surface area contributed by atoms with Gasteiger partial charge in [0.15, 0.2) is 0 Å². The van der Waals surface area contributed by atoms with Crippen molar-refractivity contribution in [3.05, 3.63) is 109 Å². The molecule has 2 N–H and O–H groups in total. The lowest BCUT2D eigenvalue weighted by Gasteiger charge is -2.27. The molecule has 0 aromatic heterocycles. The molecule has 0 aliphatic rings. The molecular weight excluding hydrogens is 1110 g/mol. The summed E-state index contributed by atoms with van der Waals surface area (Å²) in [5, 5.41) is 3.07. The van der Waals surface area contributed by atoms with Gasteiger partial charge in [-0.15, -0.1) is 0 Å². The van der Waals surface area contributed by atoms with Crippen LogP contribution in [0.4, 0.5) is 0 Å². The number of phosphoric acid groups is 1. The summed E-state index contributed by atoms with van der Waals surface area (Å²) in [5.41, 5.74) is 0. The van der Waals surface area contributed by atoms with Crippen LogP contribution in [0.15, 0.2) is 109 Å². The van der Waals surface area contributed by atoms with Gasteiger partial charge in [-0.25, -0.2) is 4.57 Å². The maximum absolute atomic E-state index is 13.6. The average molecular weight is 1250 g/mol. The van der Waals surface area contributed by atoms with Crippen LogP contribution >= 0.6 is 7.82 Å². The van der Waals surface area contributed by atoms with Gasteiger partial charge in [-0.3, -0.25) is 18.6 Å². The van der Waals surface area contributed by atoms with E-state index in [9.17, 15) is 19.0 Å². The number of phosphoric ester groups is 1. The molecule has 0 rings (SSSR count). The molecule has 0 saturated carbocycles. The van der Waals surface area contributed by atoms with Gasteiger partial charge in [0, 0.05) is 12.8 Å². The number of nitrogens with one attached hydrogen (secondary N) is 1. The Labute approximate surface area is 544 Å². The van der Waals surface area contributed by atoms with Crippen molar-refractivity contribution in [3.8, 4) is 0 Å². The first-order valence-corrected chi connectivity index (χ1v) is 38.2. The smallest absolute Gasteiger partial charge is 0.456 e. The second-order valence-corrected chi connectivity index (χ2v) is 27.2. The van der Waals surface area contributed by atoms with Gasteiger partial charge < -0.3 is 19.4 Å². The van der Waals surface area contributed by atoms with E-state index in [2.05, 4.69) is 123 Å². The number of esters is 1. The van der Waals surface area contributed by atoms with Crippen molar-refractivity contribution in [2.75, 3.05) is 40.9 Å². The van der Waals surface area contributed by atoms with Crippen molar-refractivity contribution in [1.82, 2.24) is 5.32 Å². The van der Waals surface area contributed by atoms with Crippen LogP contribution in [-0.4, -0.2) is 74.3 Å². The Morgan fingerprint density at radius 2 is 0.727 bits per heavy atom. The lowest BCUT2D eigenvalue weighted by atomic mass is 10.0. The van der Waals surface area contributed by atoms with E-state index in [1.807, 2.05) is 33.3 Å². The third kappa shape index (κ3) is 67.1. The number of unbranched alkanes of at least 4 members (excludes halogenated alkanes) is 34. The van der Waals surface area contributed by atoms with Crippen molar-refractivity contribution in [2.24, 2.45) is 0 Å². The van der Waals surface area contributed by atoms with Crippen molar-refractivity contribution in [3.63, 3.8) is 0 Å². The number of carbonyl (C=O) groups is 2. The summed E-state index contributed by atoms with van der Waals surface area (Å²) in [4.78, 5) is 38.0. The lowest BCUT2D eigenvalue weighted by Crippen LogP contribution is -2.47. The summed E-state index contributed by atoms with van der Waals surface area (Å²) in [6.45, 7) is 6.89. The van der Waals surface area contributed by atoms with Gasteiger partial charge >= 0.3 is 13.8 Å². The molecule has 0 aliphatic heterocycles. The number of hydrogen-bond acceptors (Lipinski definition) is 6. The minimum Gasteiger partial charge on any atom is -0.456 e. The van der Waals surface area contributed by atoms with Crippen LogP contribution in [0.1, 0.15) is 323 Å². The van der Waals surface area contributed by atoms with Crippen LogP contribution in [0, 0.1) is 0 Å². The van der Waals surface area contributed by atoms with Gasteiger partial charge in [0.05, 0.1) is 33.8 Å². The molecule has 508 valence electrons. The Kier molecular flexibility index (Phi) is 64.1. The number of rotatable bonds is 66. The molecule has 0 aliphatic carbocycles. The summed E-state index contributed by atoms with van der Waals surface area (Å²) in [7, 11) is 1.48. The Morgan fingerprint density at radius 3 is 1.11 bits per heavy atom. The first-order valence-electron chi connectivity index (χ1n) is 36.7. The Balaban J connectivity index is 5.07. The van der Waals surface area contributed by atoms with Crippen molar-refractivity contribution in [2.45, 2.75) is 335 Å². The zero-order valence-corrected chi connectivity index (χ0v) is 59.1.